The van der Waals surface area contributed by atoms with E-state index >= 15 is 0 Å². The molecule has 0 aliphatic heterocycles. The van der Waals surface area contributed by atoms with Crippen LogP contribution in [0, 0.1) is 5.41 Å². The Labute approximate surface area is 128 Å². The van der Waals surface area contributed by atoms with Crippen LogP contribution in [0.1, 0.15) is 71.1 Å². The Morgan fingerprint density at radius 1 is 1.14 bits per heavy atom. The zero-order chi connectivity index (χ0) is 14.9. The number of ether oxygens (including phenoxy) is 1. The van der Waals surface area contributed by atoms with E-state index in [1.54, 1.807) is 0 Å². The molecule has 3 saturated carbocycles. The van der Waals surface area contributed by atoms with Crippen molar-refractivity contribution >= 4 is 5.91 Å². The summed E-state index contributed by atoms with van der Waals surface area (Å²) in [6.07, 6.45) is 11.4. The summed E-state index contributed by atoms with van der Waals surface area (Å²) in [7, 11) is 0. The van der Waals surface area contributed by atoms with Gasteiger partial charge in [-0.3, -0.25) is 4.79 Å². The average Bonchev–Trinajstić information content (AvgIpc) is 2.95. The lowest BCUT2D eigenvalue weighted by Crippen LogP contribution is -2.68. The molecule has 0 saturated heterocycles. The van der Waals surface area contributed by atoms with Gasteiger partial charge in [0.25, 0.3) is 0 Å². The minimum Gasteiger partial charge on any atom is -0.378 e. The molecule has 21 heavy (non-hydrogen) atoms. The molecule has 4 heteroatoms. The number of rotatable bonds is 4. The lowest BCUT2D eigenvalue weighted by molar-refractivity contribution is -0.159. The first-order valence-electron chi connectivity index (χ1n) is 8.82. The Hall–Kier alpha value is -0.610. The van der Waals surface area contributed by atoms with Crippen LogP contribution in [-0.2, 0) is 9.53 Å². The molecule has 120 valence electrons. The quantitative estimate of drug-likeness (QED) is 0.837. The second-order valence-corrected chi connectivity index (χ2v) is 7.36. The fraction of sp³-hybridized carbons (Fsp3) is 0.941. The molecular weight excluding hydrogens is 264 g/mol. The summed E-state index contributed by atoms with van der Waals surface area (Å²) in [6.45, 7) is 2.84. The van der Waals surface area contributed by atoms with Gasteiger partial charge >= 0.3 is 0 Å². The van der Waals surface area contributed by atoms with Gasteiger partial charge in [0, 0.05) is 18.1 Å². The largest absolute Gasteiger partial charge is 0.378 e. The molecule has 0 bridgehead atoms. The van der Waals surface area contributed by atoms with Gasteiger partial charge in [-0.2, -0.15) is 0 Å². The van der Waals surface area contributed by atoms with E-state index in [0.717, 1.165) is 38.7 Å². The van der Waals surface area contributed by atoms with E-state index in [1.807, 2.05) is 0 Å². The van der Waals surface area contributed by atoms with Crippen molar-refractivity contribution < 1.29 is 9.53 Å². The summed E-state index contributed by atoms with van der Waals surface area (Å²) in [4.78, 5) is 12.6. The minimum absolute atomic E-state index is 0.0879. The Kier molecular flexibility index (Phi) is 4.28. The topological polar surface area (TPSA) is 64.3 Å². The predicted octanol–water partition coefficient (Wildman–Crippen LogP) is 2.50. The highest BCUT2D eigenvalue weighted by Gasteiger charge is 2.56. The fourth-order valence-corrected chi connectivity index (χ4v) is 4.80. The second kappa shape index (κ2) is 5.88. The molecule has 3 rings (SSSR count). The minimum atomic E-state index is -0.605. The SMILES string of the molecule is CCOC1CC(NC(=O)C2(N)CCCC2)C12CCCCC2. The third-order valence-electron chi connectivity index (χ3n) is 6.19. The molecule has 1 amide bonds. The number of hydrogen-bond acceptors (Lipinski definition) is 3. The highest BCUT2D eigenvalue weighted by molar-refractivity contribution is 5.86. The Morgan fingerprint density at radius 3 is 2.38 bits per heavy atom. The summed E-state index contributed by atoms with van der Waals surface area (Å²) < 4.78 is 5.95. The first kappa shape index (κ1) is 15.3. The maximum absolute atomic E-state index is 12.6. The van der Waals surface area contributed by atoms with Crippen molar-refractivity contribution in [2.45, 2.75) is 88.8 Å². The van der Waals surface area contributed by atoms with E-state index in [2.05, 4.69) is 12.2 Å². The molecule has 3 fully saturated rings. The van der Waals surface area contributed by atoms with E-state index in [-0.39, 0.29) is 17.4 Å². The van der Waals surface area contributed by atoms with Crippen molar-refractivity contribution in [1.82, 2.24) is 5.32 Å². The monoisotopic (exact) mass is 294 g/mol. The maximum Gasteiger partial charge on any atom is 0.240 e. The lowest BCUT2D eigenvalue weighted by Gasteiger charge is -2.58. The Balaban J connectivity index is 1.66. The van der Waals surface area contributed by atoms with Crippen LogP contribution >= 0.6 is 0 Å². The Bertz CT molecular complexity index is 384. The molecule has 0 aromatic heterocycles. The maximum atomic E-state index is 12.6. The van der Waals surface area contributed by atoms with Crippen LogP contribution in [0.4, 0.5) is 0 Å². The zero-order valence-corrected chi connectivity index (χ0v) is 13.3. The smallest absolute Gasteiger partial charge is 0.240 e. The zero-order valence-electron chi connectivity index (χ0n) is 13.3. The van der Waals surface area contributed by atoms with Crippen LogP contribution in [0.15, 0.2) is 0 Å². The van der Waals surface area contributed by atoms with Gasteiger partial charge in [0.1, 0.15) is 0 Å². The number of carbonyl (C=O) groups is 1. The molecule has 3 N–H and O–H groups in total. The predicted molar refractivity (Wildman–Crippen MR) is 82.9 cm³/mol. The van der Waals surface area contributed by atoms with Gasteiger partial charge in [-0.05, 0) is 39.0 Å². The van der Waals surface area contributed by atoms with Crippen LogP contribution in [-0.4, -0.2) is 30.2 Å². The van der Waals surface area contributed by atoms with E-state index in [1.165, 1.54) is 32.1 Å². The summed E-state index contributed by atoms with van der Waals surface area (Å²) in [5, 5.41) is 3.30. The third-order valence-corrected chi connectivity index (χ3v) is 6.19. The van der Waals surface area contributed by atoms with E-state index in [0.29, 0.717) is 6.10 Å². The van der Waals surface area contributed by atoms with E-state index in [4.69, 9.17) is 10.5 Å². The van der Waals surface area contributed by atoms with Gasteiger partial charge < -0.3 is 15.8 Å². The first-order chi connectivity index (χ1) is 10.1. The summed E-state index contributed by atoms with van der Waals surface area (Å²) in [5.41, 5.74) is 5.89. The normalized spacial score (nSPS) is 33.6. The molecule has 0 aromatic rings. The summed E-state index contributed by atoms with van der Waals surface area (Å²) in [5.74, 6) is 0.0879. The van der Waals surface area contributed by atoms with Crippen molar-refractivity contribution in [1.29, 1.82) is 0 Å². The van der Waals surface area contributed by atoms with Gasteiger partial charge in [-0.15, -0.1) is 0 Å². The number of amides is 1. The first-order valence-corrected chi connectivity index (χ1v) is 8.82. The average molecular weight is 294 g/mol. The molecule has 0 heterocycles. The van der Waals surface area contributed by atoms with Crippen LogP contribution in [0.25, 0.3) is 0 Å². The molecule has 1 spiro atoms. The molecule has 3 aliphatic carbocycles. The Morgan fingerprint density at radius 2 is 1.76 bits per heavy atom. The number of hydrogen-bond donors (Lipinski definition) is 2. The van der Waals surface area contributed by atoms with Crippen molar-refractivity contribution in [3.05, 3.63) is 0 Å². The summed E-state index contributed by atoms with van der Waals surface area (Å²) in [6, 6.07) is 0.280. The van der Waals surface area contributed by atoms with Gasteiger partial charge in [-0.25, -0.2) is 0 Å². The number of nitrogens with one attached hydrogen (secondary N) is 1. The molecule has 3 aliphatic rings. The molecule has 2 atom stereocenters. The van der Waals surface area contributed by atoms with Crippen molar-refractivity contribution in [3.8, 4) is 0 Å². The van der Waals surface area contributed by atoms with Gasteiger partial charge in [-0.1, -0.05) is 32.1 Å². The van der Waals surface area contributed by atoms with Gasteiger partial charge in [0.05, 0.1) is 11.6 Å². The number of nitrogens with two attached hydrogens (primary N) is 1. The van der Waals surface area contributed by atoms with E-state index in [9.17, 15) is 4.79 Å². The van der Waals surface area contributed by atoms with Crippen LogP contribution in [0.3, 0.4) is 0 Å². The molecular formula is C17H30N2O2. The highest BCUT2D eigenvalue weighted by atomic mass is 16.5. The van der Waals surface area contributed by atoms with Gasteiger partial charge in [0.2, 0.25) is 5.91 Å². The van der Waals surface area contributed by atoms with Crippen LogP contribution < -0.4 is 11.1 Å². The van der Waals surface area contributed by atoms with Crippen molar-refractivity contribution in [2.75, 3.05) is 6.61 Å². The summed E-state index contributed by atoms with van der Waals surface area (Å²) >= 11 is 0. The third kappa shape index (κ3) is 2.61. The molecule has 0 radical (unpaired) electrons. The molecule has 2 unspecified atom stereocenters. The van der Waals surface area contributed by atoms with Crippen LogP contribution in [0.5, 0.6) is 0 Å². The van der Waals surface area contributed by atoms with Crippen LogP contribution in [0.2, 0.25) is 0 Å². The van der Waals surface area contributed by atoms with Crippen molar-refractivity contribution in [3.63, 3.8) is 0 Å². The molecule has 4 nitrogen and oxygen atoms in total. The van der Waals surface area contributed by atoms with Crippen molar-refractivity contribution in [2.24, 2.45) is 11.1 Å². The second-order valence-electron chi connectivity index (χ2n) is 7.36. The molecule has 0 aromatic carbocycles. The lowest BCUT2D eigenvalue weighted by atomic mass is 9.55. The highest BCUT2D eigenvalue weighted by Crippen LogP contribution is 2.53. The standard InChI is InChI=1S/C17H30N2O2/c1-2-21-14-12-13(16(14)8-4-3-5-9-16)19-15(20)17(18)10-6-7-11-17/h13-14H,2-12,18H2,1H3,(H,19,20). The number of carbonyl (C=O) groups excluding carboxylic acids is 1. The van der Waals surface area contributed by atoms with E-state index < -0.39 is 5.54 Å². The van der Waals surface area contributed by atoms with Gasteiger partial charge in [0.15, 0.2) is 0 Å². The fourth-order valence-electron chi connectivity index (χ4n) is 4.80.